The molecule has 28 heavy (non-hydrogen) atoms. The molecule has 0 spiro atoms. The minimum atomic E-state index is -3.60. The summed E-state index contributed by atoms with van der Waals surface area (Å²) in [5, 5.41) is 0. The van der Waals surface area contributed by atoms with Gasteiger partial charge in [0.15, 0.2) is 0 Å². The lowest BCUT2D eigenvalue weighted by Crippen LogP contribution is -2.43. The molecule has 1 aliphatic heterocycles. The highest BCUT2D eigenvalue weighted by molar-refractivity contribution is 7.89. The minimum absolute atomic E-state index is 0.0479. The maximum absolute atomic E-state index is 12.8. The van der Waals surface area contributed by atoms with Gasteiger partial charge < -0.3 is 9.64 Å². The molecule has 0 saturated carbocycles. The van der Waals surface area contributed by atoms with Crippen LogP contribution in [-0.2, 0) is 10.0 Å². The fraction of sp³-hybridized carbons (Fsp3) is 0.400. The third kappa shape index (κ3) is 4.69. The zero-order valence-corrected chi connectivity index (χ0v) is 16.9. The first-order chi connectivity index (χ1) is 13.4. The summed E-state index contributed by atoms with van der Waals surface area (Å²) in [4.78, 5) is 19.0. The van der Waals surface area contributed by atoms with Gasteiger partial charge in [0, 0.05) is 31.5 Å². The molecule has 2 aromatic rings. The van der Waals surface area contributed by atoms with Crippen molar-refractivity contribution < 1.29 is 17.9 Å². The summed E-state index contributed by atoms with van der Waals surface area (Å²) in [6.07, 6.45) is 3.39. The lowest BCUT2D eigenvalue weighted by atomic mass is 9.97. The second-order valence-corrected chi connectivity index (χ2v) is 8.69. The van der Waals surface area contributed by atoms with E-state index in [2.05, 4.69) is 9.71 Å². The lowest BCUT2D eigenvalue weighted by Gasteiger charge is -2.33. The molecule has 0 bridgehead atoms. The van der Waals surface area contributed by atoms with Crippen molar-refractivity contribution in [3.05, 3.63) is 53.9 Å². The fourth-order valence-corrected chi connectivity index (χ4v) is 4.48. The Morgan fingerprint density at radius 3 is 2.71 bits per heavy atom. The van der Waals surface area contributed by atoms with E-state index in [1.165, 1.54) is 19.2 Å². The van der Waals surface area contributed by atoms with Gasteiger partial charge in [0.1, 0.15) is 5.75 Å². The van der Waals surface area contributed by atoms with E-state index in [9.17, 15) is 13.2 Å². The number of hydrogen-bond donors (Lipinski definition) is 1. The molecule has 2 heterocycles. The van der Waals surface area contributed by atoms with Gasteiger partial charge in [-0.1, -0.05) is 0 Å². The van der Waals surface area contributed by atoms with Crippen LogP contribution in [0.5, 0.6) is 5.75 Å². The third-order valence-corrected chi connectivity index (χ3v) is 6.41. The van der Waals surface area contributed by atoms with E-state index in [-0.39, 0.29) is 16.7 Å². The summed E-state index contributed by atoms with van der Waals surface area (Å²) < 4.78 is 32.8. The van der Waals surface area contributed by atoms with Gasteiger partial charge in [-0.15, -0.1) is 0 Å². The molecular formula is C20H25N3O4S. The van der Waals surface area contributed by atoms with Crippen molar-refractivity contribution in [1.29, 1.82) is 0 Å². The molecule has 1 atom stereocenters. The van der Waals surface area contributed by atoms with Crippen LogP contribution in [0, 0.1) is 12.8 Å². The first-order valence-electron chi connectivity index (χ1n) is 9.25. The molecule has 3 rings (SSSR count). The van der Waals surface area contributed by atoms with Crippen molar-refractivity contribution >= 4 is 15.9 Å². The van der Waals surface area contributed by atoms with Crippen molar-refractivity contribution in [3.63, 3.8) is 0 Å². The molecule has 0 radical (unpaired) electrons. The predicted octanol–water partition coefficient (Wildman–Crippen LogP) is 2.23. The molecule has 1 aliphatic rings. The molecule has 1 saturated heterocycles. The Morgan fingerprint density at radius 1 is 1.29 bits per heavy atom. The number of nitrogens with one attached hydrogen (secondary N) is 1. The van der Waals surface area contributed by atoms with E-state index in [1.807, 2.05) is 6.92 Å². The molecule has 8 heteroatoms. The highest BCUT2D eigenvalue weighted by Gasteiger charge is 2.26. The minimum Gasteiger partial charge on any atom is -0.497 e. The molecule has 1 aromatic carbocycles. The van der Waals surface area contributed by atoms with Gasteiger partial charge in [-0.3, -0.25) is 9.78 Å². The second-order valence-electron chi connectivity index (χ2n) is 6.92. The zero-order valence-electron chi connectivity index (χ0n) is 16.1. The number of carbonyl (C=O) groups is 1. The van der Waals surface area contributed by atoms with E-state index in [0.29, 0.717) is 36.6 Å². The number of hydrogen-bond acceptors (Lipinski definition) is 5. The standard InChI is InChI=1S/C20H25N3O4S/c1-15-19(6-3-11-21-15)20(24)23-12-4-5-16(14-23)13-22-28(25,26)18-9-7-17(27-2)8-10-18/h3,6-11,16,22H,4-5,12-14H2,1-2H3/t16-/m0/s1. The van der Waals surface area contributed by atoms with Crippen LogP contribution >= 0.6 is 0 Å². The number of sulfonamides is 1. The Kier molecular flexibility index (Phi) is 6.31. The number of methoxy groups -OCH3 is 1. The summed E-state index contributed by atoms with van der Waals surface area (Å²) in [6.45, 7) is 3.31. The number of aryl methyl sites for hydroxylation is 1. The molecular weight excluding hydrogens is 378 g/mol. The van der Waals surface area contributed by atoms with Gasteiger partial charge in [0.05, 0.1) is 17.6 Å². The number of nitrogens with zero attached hydrogens (tertiary/aromatic N) is 2. The Balaban J connectivity index is 1.61. The van der Waals surface area contributed by atoms with Crippen molar-refractivity contribution in [3.8, 4) is 5.75 Å². The lowest BCUT2D eigenvalue weighted by molar-refractivity contribution is 0.0675. The number of ether oxygens (including phenoxy) is 1. The van der Waals surface area contributed by atoms with Crippen LogP contribution in [0.15, 0.2) is 47.5 Å². The van der Waals surface area contributed by atoms with Crippen LogP contribution in [0.4, 0.5) is 0 Å². The largest absolute Gasteiger partial charge is 0.497 e. The SMILES string of the molecule is COc1ccc(S(=O)(=O)NC[C@@H]2CCCN(C(=O)c3cccnc3C)C2)cc1. The normalized spacial score (nSPS) is 17.4. The van der Waals surface area contributed by atoms with Crippen LogP contribution < -0.4 is 9.46 Å². The molecule has 0 unspecified atom stereocenters. The van der Waals surface area contributed by atoms with E-state index < -0.39 is 10.0 Å². The summed E-state index contributed by atoms with van der Waals surface area (Å²) in [6, 6.07) is 9.80. The van der Waals surface area contributed by atoms with Gasteiger partial charge in [0.25, 0.3) is 5.91 Å². The number of rotatable bonds is 6. The second kappa shape index (κ2) is 8.70. The number of piperidine rings is 1. The number of carbonyl (C=O) groups excluding carboxylic acids is 1. The summed E-state index contributed by atoms with van der Waals surface area (Å²) in [5.41, 5.74) is 1.30. The molecule has 7 nitrogen and oxygen atoms in total. The van der Waals surface area contributed by atoms with E-state index >= 15 is 0 Å². The van der Waals surface area contributed by atoms with Crippen LogP contribution in [0.25, 0.3) is 0 Å². The highest BCUT2D eigenvalue weighted by Crippen LogP contribution is 2.20. The van der Waals surface area contributed by atoms with Crippen molar-refractivity contribution in [2.24, 2.45) is 5.92 Å². The molecule has 0 aliphatic carbocycles. The van der Waals surface area contributed by atoms with Crippen molar-refractivity contribution in [2.45, 2.75) is 24.7 Å². The Labute approximate surface area is 165 Å². The van der Waals surface area contributed by atoms with Crippen molar-refractivity contribution in [2.75, 3.05) is 26.7 Å². The number of amides is 1. The van der Waals surface area contributed by atoms with Gasteiger partial charge >= 0.3 is 0 Å². The van der Waals surface area contributed by atoms with Crippen LogP contribution in [0.2, 0.25) is 0 Å². The summed E-state index contributed by atoms with van der Waals surface area (Å²) in [5.74, 6) is 0.627. The predicted molar refractivity (Wildman–Crippen MR) is 106 cm³/mol. The van der Waals surface area contributed by atoms with Gasteiger partial charge in [-0.2, -0.15) is 0 Å². The average molecular weight is 404 g/mol. The van der Waals surface area contributed by atoms with Gasteiger partial charge in [-0.05, 0) is 62.1 Å². The van der Waals surface area contributed by atoms with Crippen molar-refractivity contribution in [1.82, 2.24) is 14.6 Å². The zero-order chi connectivity index (χ0) is 20.1. The summed E-state index contributed by atoms with van der Waals surface area (Å²) >= 11 is 0. The third-order valence-electron chi connectivity index (χ3n) is 4.98. The molecule has 150 valence electrons. The molecule has 1 aromatic heterocycles. The quantitative estimate of drug-likeness (QED) is 0.799. The fourth-order valence-electron chi connectivity index (χ4n) is 3.36. The summed E-state index contributed by atoms with van der Waals surface area (Å²) in [7, 11) is -2.07. The number of likely N-dealkylation sites (tertiary alicyclic amines) is 1. The molecule has 1 N–H and O–H groups in total. The average Bonchev–Trinajstić information content (AvgIpc) is 2.72. The van der Waals surface area contributed by atoms with Crippen LogP contribution in [0.3, 0.4) is 0 Å². The highest BCUT2D eigenvalue weighted by atomic mass is 32.2. The van der Waals surface area contributed by atoms with Gasteiger partial charge in [0.2, 0.25) is 10.0 Å². The van der Waals surface area contributed by atoms with Crippen LogP contribution in [0.1, 0.15) is 28.9 Å². The Bertz CT molecular complexity index is 929. The van der Waals surface area contributed by atoms with Crippen LogP contribution in [-0.4, -0.2) is 51.0 Å². The topological polar surface area (TPSA) is 88.6 Å². The number of benzene rings is 1. The molecule has 1 fully saturated rings. The maximum atomic E-state index is 12.8. The van der Waals surface area contributed by atoms with Gasteiger partial charge in [-0.25, -0.2) is 13.1 Å². The van der Waals surface area contributed by atoms with E-state index in [0.717, 1.165) is 12.8 Å². The Hall–Kier alpha value is -2.45. The Morgan fingerprint density at radius 2 is 2.04 bits per heavy atom. The first-order valence-corrected chi connectivity index (χ1v) is 10.7. The van der Waals surface area contributed by atoms with E-state index in [1.54, 1.807) is 35.4 Å². The first kappa shape index (κ1) is 20.3. The monoisotopic (exact) mass is 403 g/mol. The number of pyridine rings is 1. The number of aromatic nitrogens is 1. The molecule has 1 amide bonds. The van der Waals surface area contributed by atoms with E-state index in [4.69, 9.17) is 4.74 Å². The smallest absolute Gasteiger partial charge is 0.255 e. The maximum Gasteiger partial charge on any atom is 0.255 e.